The number of halogens is 1. The lowest BCUT2D eigenvalue weighted by atomic mass is 10.2. The molecule has 2 atom stereocenters. The van der Waals surface area contributed by atoms with Gasteiger partial charge in [0.05, 0.1) is 12.7 Å². The Bertz CT molecular complexity index is 564. The molecule has 126 valence electrons. The van der Waals surface area contributed by atoms with Crippen molar-refractivity contribution in [3.05, 3.63) is 29.3 Å². The third-order valence-electron chi connectivity index (χ3n) is 3.90. The number of carbonyl (C=O) groups is 2. The number of esters is 1. The summed E-state index contributed by atoms with van der Waals surface area (Å²) in [6, 6.07) is 6.04. The Labute approximate surface area is 140 Å². The third kappa shape index (κ3) is 3.95. The highest BCUT2D eigenvalue weighted by Gasteiger charge is 2.41. The van der Waals surface area contributed by atoms with E-state index in [2.05, 4.69) is 0 Å². The molecule has 0 spiro atoms. The van der Waals surface area contributed by atoms with Gasteiger partial charge in [-0.1, -0.05) is 11.6 Å². The number of nitrogens with zero attached hydrogens (tertiary/aromatic N) is 2. The fourth-order valence-electron chi connectivity index (χ4n) is 2.61. The molecular formula is C16H21ClN2O4. The van der Waals surface area contributed by atoms with Crippen LogP contribution in [0.25, 0.3) is 0 Å². The van der Waals surface area contributed by atoms with Gasteiger partial charge in [-0.25, -0.2) is 9.59 Å². The van der Waals surface area contributed by atoms with Crippen LogP contribution in [0.3, 0.4) is 0 Å². The number of carbonyl (C=O) groups excluding carboxylic acids is 2. The maximum absolute atomic E-state index is 12.8. The zero-order valence-corrected chi connectivity index (χ0v) is 14.2. The summed E-state index contributed by atoms with van der Waals surface area (Å²) in [5.41, 5.74) is 0.697. The van der Waals surface area contributed by atoms with E-state index in [0.29, 0.717) is 23.7 Å². The number of likely N-dealkylation sites (tertiary alicyclic amines) is 1. The van der Waals surface area contributed by atoms with Crippen molar-refractivity contribution in [3.63, 3.8) is 0 Å². The van der Waals surface area contributed by atoms with Gasteiger partial charge in [0.15, 0.2) is 0 Å². The first kappa shape index (κ1) is 17.6. The number of hydrogen-bond acceptors (Lipinski definition) is 4. The van der Waals surface area contributed by atoms with Gasteiger partial charge in [0.25, 0.3) is 0 Å². The van der Waals surface area contributed by atoms with Gasteiger partial charge in [-0.2, -0.15) is 0 Å². The van der Waals surface area contributed by atoms with Crippen LogP contribution in [0.4, 0.5) is 10.5 Å². The zero-order chi connectivity index (χ0) is 17.0. The van der Waals surface area contributed by atoms with Crippen LogP contribution in [0.1, 0.15) is 13.3 Å². The van der Waals surface area contributed by atoms with Crippen LogP contribution in [0.15, 0.2) is 24.3 Å². The quantitative estimate of drug-likeness (QED) is 0.790. The van der Waals surface area contributed by atoms with Gasteiger partial charge >= 0.3 is 12.0 Å². The van der Waals surface area contributed by atoms with E-state index in [1.165, 1.54) is 9.80 Å². The monoisotopic (exact) mass is 340 g/mol. The van der Waals surface area contributed by atoms with Crippen molar-refractivity contribution in [2.45, 2.75) is 25.5 Å². The lowest BCUT2D eigenvalue weighted by Crippen LogP contribution is -2.47. The standard InChI is InChI=1S/C16H21ClN2O4/c1-4-23-15(20)14-9-13(22-3)10-19(14)16(21)18(2)12-7-5-11(17)6-8-12/h5-8,13-14H,4,9-10H2,1-3H3. The summed E-state index contributed by atoms with van der Waals surface area (Å²) < 4.78 is 10.4. The number of rotatable bonds is 4. The molecule has 2 rings (SSSR count). The van der Waals surface area contributed by atoms with Crippen LogP contribution in [0.5, 0.6) is 0 Å². The first-order valence-corrected chi connectivity index (χ1v) is 7.85. The Morgan fingerprint density at radius 3 is 2.57 bits per heavy atom. The minimum absolute atomic E-state index is 0.174. The number of hydrogen-bond donors (Lipinski definition) is 0. The summed E-state index contributed by atoms with van der Waals surface area (Å²) in [5, 5.41) is 0.597. The van der Waals surface area contributed by atoms with E-state index in [4.69, 9.17) is 21.1 Å². The molecule has 2 unspecified atom stereocenters. The molecule has 1 saturated heterocycles. The summed E-state index contributed by atoms with van der Waals surface area (Å²) >= 11 is 5.87. The molecule has 0 aliphatic carbocycles. The topological polar surface area (TPSA) is 59.1 Å². The molecule has 7 heteroatoms. The fraction of sp³-hybridized carbons (Fsp3) is 0.500. The number of ether oxygens (including phenoxy) is 2. The SMILES string of the molecule is CCOC(=O)C1CC(OC)CN1C(=O)N(C)c1ccc(Cl)cc1. The zero-order valence-electron chi connectivity index (χ0n) is 13.5. The summed E-state index contributed by atoms with van der Waals surface area (Å²) in [6.45, 7) is 2.38. The Hall–Kier alpha value is -1.79. The second-order valence-electron chi connectivity index (χ2n) is 5.33. The highest BCUT2D eigenvalue weighted by Crippen LogP contribution is 2.25. The highest BCUT2D eigenvalue weighted by molar-refractivity contribution is 6.30. The maximum Gasteiger partial charge on any atom is 0.329 e. The molecule has 1 aromatic rings. The predicted molar refractivity (Wildman–Crippen MR) is 87.8 cm³/mol. The lowest BCUT2D eigenvalue weighted by Gasteiger charge is -2.28. The van der Waals surface area contributed by atoms with Crippen LogP contribution >= 0.6 is 11.6 Å². The van der Waals surface area contributed by atoms with Gasteiger partial charge in [-0.15, -0.1) is 0 Å². The molecule has 0 bridgehead atoms. The van der Waals surface area contributed by atoms with E-state index in [9.17, 15) is 9.59 Å². The number of methoxy groups -OCH3 is 1. The van der Waals surface area contributed by atoms with Gasteiger partial charge in [0.1, 0.15) is 6.04 Å². The molecule has 23 heavy (non-hydrogen) atoms. The summed E-state index contributed by atoms with van der Waals surface area (Å²) in [5.74, 6) is -0.398. The highest BCUT2D eigenvalue weighted by atomic mass is 35.5. The van der Waals surface area contributed by atoms with E-state index in [-0.39, 0.29) is 18.7 Å². The first-order chi connectivity index (χ1) is 11.0. The minimum Gasteiger partial charge on any atom is -0.464 e. The molecule has 1 fully saturated rings. The molecule has 6 nitrogen and oxygen atoms in total. The van der Waals surface area contributed by atoms with Crippen molar-refractivity contribution < 1.29 is 19.1 Å². The van der Waals surface area contributed by atoms with Crippen LogP contribution in [-0.4, -0.2) is 56.4 Å². The maximum atomic E-state index is 12.8. The Kier molecular flexibility index (Phi) is 5.85. The fourth-order valence-corrected chi connectivity index (χ4v) is 2.74. The lowest BCUT2D eigenvalue weighted by molar-refractivity contribution is -0.147. The van der Waals surface area contributed by atoms with Gasteiger partial charge in [0.2, 0.25) is 0 Å². The second kappa shape index (κ2) is 7.66. The average molecular weight is 341 g/mol. The summed E-state index contributed by atoms with van der Waals surface area (Å²) in [6.07, 6.45) is 0.266. The minimum atomic E-state index is -0.623. The molecule has 1 aromatic carbocycles. The molecule has 0 aromatic heterocycles. The van der Waals surface area contributed by atoms with E-state index < -0.39 is 12.0 Å². The Morgan fingerprint density at radius 1 is 1.35 bits per heavy atom. The van der Waals surface area contributed by atoms with Gasteiger partial charge in [-0.05, 0) is 31.2 Å². The van der Waals surface area contributed by atoms with Crippen LogP contribution < -0.4 is 4.90 Å². The molecule has 0 N–H and O–H groups in total. The summed E-state index contributed by atoms with van der Waals surface area (Å²) in [4.78, 5) is 27.9. The van der Waals surface area contributed by atoms with Gasteiger partial charge in [0, 0.05) is 37.8 Å². The van der Waals surface area contributed by atoms with Crippen molar-refractivity contribution in [3.8, 4) is 0 Å². The van der Waals surface area contributed by atoms with E-state index in [0.717, 1.165) is 0 Å². The molecule has 2 amide bonds. The molecule has 0 radical (unpaired) electrons. The number of amides is 2. The van der Waals surface area contributed by atoms with E-state index >= 15 is 0 Å². The number of anilines is 1. The molecule has 0 saturated carbocycles. The van der Waals surface area contributed by atoms with Crippen molar-refractivity contribution >= 4 is 29.3 Å². The van der Waals surface area contributed by atoms with Gasteiger partial charge < -0.3 is 14.4 Å². The second-order valence-corrected chi connectivity index (χ2v) is 5.77. The van der Waals surface area contributed by atoms with Gasteiger partial charge in [-0.3, -0.25) is 4.90 Å². The predicted octanol–water partition coefficient (Wildman–Crippen LogP) is 2.55. The van der Waals surface area contributed by atoms with Crippen LogP contribution in [-0.2, 0) is 14.3 Å². The largest absolute Gasteiger partial charge is 0.464 e. The number of urea groups is 1. The normalized spacial score (nSPS) is 20.4. The van der Waals surface area contributed by atoms with Crippen molar-refractivity contribution in [1.82, 2.24) is 4.90 Å². The molecule has 1 aliphatic heterocycles. The summed E-state index contributed by atoms with van der Waals surface area (Å²) in [7, 11) is 3.23. The van der Waals surface area contributed by atoms with Crippen molar-refractivity contribution in [2.24, 2.45) is 0 Å². The third-order valence-corrected chi connectivity index (χ3v) is 4.15. The number of benzene rings is 1. The smallest absolute Gasteiger partial charge is 0.329 e. The van der Waals surface area contributed by atoms with Crippen molar-refractivity contribution in [1.29, 1.82) is 0 Å². The average Bonchev–Trinajstić information content (AvgIpc) is 2.99. The molecular weight excluding hydrogens is 320 g/mol. The Balaban J connectivity index is 2.17. The molecule has 1 heterocycles. The molecule has 1 aliphatic rings. The van der Waals surface area contributed by atoms with E-state index in [1.807, 2.05) is 0 Å². The van der Waals surface area contributed by atoms with Crippen LogP contribution in [0, 0.1) is 0 Å². The first-order valence-electron chi connectivity index (χ1n) is 7.47. The van der Waals surface area contributed by atoms with E-state index in [1.54, 1.807) is 45.3 Å². The Morgan fingerprint density at radius 2 is 2.00 bits per heavy atom. The van der Waals surface area contributed by atoms with Crippen LogP contribution in [0.2, 0.25) is 5.02 Å². The van der Waals surface area contributed by atoms with Crippen molar-refractivity contribution in [2.75, 3.05) is 32.2 Å².